The first-order chi connectivity index (χ1) is 23.9. The third-order valence-corrected chi connectivity index (χ3v) is 8.58. The van der Waals surface area contributed by atoms with Crippen LogP contribution in [0.4, 0.5) is 8.78 Å². The van der Waals surface area contributed by atoms with E-state index in [-0.39, 0.29) is 41.7 Å². The molecule has 0 saturated heterocycles. The van der Waals surface area contributed by atoms with Crippen molar-refractivity contribution in [1.29, 1.82) is 0 Å². The minimum Gasteiger partial charge on any atom is -0.350 e. The fourth-order valence-electron chi connectivity index (χ4n) is 5.74. The lowest BCUT2D eigenvalue weighted by Gasteiger charge is -2.29. The summed E-state index contributed by atoms with van der Waals surface area (Å²) in [4.78, 5) is 55.0. The summed E-state index contributed by atoms with van der Waals surface area (Å²) in [6, 6.07) is 16.9. The first-order valence-electron chi connectivity index (χ1n) is 17.4. The highest BCUT2D eigenvalue weighted by Crippen LogP contribution is 2.19. The molecule has 0 radical (unpaired) electrons. The van der Waals surface area contributed by atoms with Crippen molar-refractivity contribution in [2.75, 3.05) is 13.1 Å². The van der Waals surface area contributed by atoms with Crippen LogP contribution in [0.25, 0.3) is 0 Å². The molecule has 0 aromatic heterocycles. The second-order valence-electron chi connectivity index (χ2n) is 13.1. The van der Waals surface area contributed by atoms with Gasteiger partial charge in [-0.3, -0.25) is 19.2 Å². The number of rotatable bonds is 18. The Balaban J connectivity index is 1.77. The molecule has 270 valence electrons. The smallest absolute Gasteiger partial charge is 0.253 e. The van der Waals surface area contributed by atoms with Gasteiger partial charge in [0.1, 0.15) is 6.04 Å². The number of hydrogen-bond acceptors (Lipinski definition) is 5. The summed E-state index contributed by atoms with van der Waals surface area (Å²) in [7, 11) is 0. The third kappa shape index (κ3) is 11.5. The molecule has 0 aliphatic heterocycles. The summed E-state index contributed by atoms with van der Waals surface area (Å²) in [6.07, 6.45) is 1.49. The van der Waals surface area contributed by atoms with Gasteiger partial charge in [0.2, 0.25) is 11.8 Å². The number of amides is 4. The zero-order valence-corrected chi connectivity index (χ0v) is 29.7. The molecule has 0 aliphatic rings. The van der Waals surface area contributed by atoms with Gasteiger partial charge in [0, 0.05) is 48.8 Å². The van der Waals surface area contributed by atoms with Crippen LogP contribution < -0.4 is 21.7 Å². The number of nitrogens with two attached hydrogens (primary N) is 1. The van der Waals surface area contributed by atoms with Crippen molar-refractivity contribution in [2.45, 2.75) is 85.0 Å². The Morgan fingerprint density at radius 1 is 0.800 bits per heavy atom. The lowest BCUT2D eigenvalue weighted by Crippen LogP contribution is -2.53. The van der Waals surface area contributed by atoms with Crippen LogP contribution in [-0.4, -0.2) is 59.7 Å². The molecule has 11 heteroatoms. The Hall–Kier alpha value is -4.64. The van der Waals surface area contributed by atoms with Crippen molar-refractivity contribution in [2.24, 2.45) is 17.6 Å². The standard InChI is InChI=1S/C39H51F2N5O4/c1-6-19-46(20-7-2)39(50)30-17-11-16-29(22-30)37(48)44-33(23-28-15-12-18-31(40)34(28)41)32(42)21-26(5)36(47)45-35(25(3)4)38(49)43-24-27-13-9-8-10-14-27/h8-18,22,25-26,32-33,35H,6-7,19-21,23-24,42H2,1-5H3,(H,43,49)(H,44,48)(H,45,47). The Morgan fingerprint density at radius 2 is 1.44 bits per heavy atom. The van der Waals surface area contributed by atoms with Crippen molar-refractivity contribution in [1.82, 2.24) is 20.9 Å². The summed E-state index contributed by atoms with van der Waals surface area (Å²) >= 11 is 0. The Labute approximate surface area is 294 Å². The van der Waals surface area contributed by atoms with Gasteiger partial charge in [-0.2, -0.15) is 0 Å². The predicted octanol–water partition coefficient (Wildman–Crippen LogP) is 5.38. The highest BCUT2D eigenvalue weighted by Gasteiger charge is 2.30. The maximum Gasteiger partial charge on any atom is 0.253 e. The monoisotopic (exact) mass is 691 g/mol. The number of benzene rings is 3. The van der Waals surface area contributed by atoms with Gasteiger partial charge in [-0.25, -0.2) is 8.78 Å². The molecule has 0 spiro atoms. The van der Waals surface area contributed by atoms with Crippen molar-refractivity contribution in [3.8, 4) is 0 Å². The molecule has 3 aromatic carbocycles. The fraction of sp³-hybridized carbons (Fsp3) is 0.436. The maximum atomic E-state index is 14.8. The first kappa shape index (κ1) is 39.8. The van der Waals surface area contributed by atoms with E-state index in [1.54, 1.807) is 30.0 Å². The molecule has 5 N–H and O–H groups in total. The first-order valence-corrected chi connectivity index (χ1v) is 17.4. The van der Waals surface area contributed by atoms with Crippen LogP contribution in [0.1, 0.15) is 85.7 Å². The third-order valence-electron chi connectivity index (χ3n) is 8.58. The second-order valence-corrected chi connectivity index (χ2v) is 13.1. The molecule has 0 aliphatic carbocycles. The lowest BCUT2D eigenvalue weighted by molar-refractivity contribution is -0.132. The van der Waals surface area contributed by atoms with Gasteiger partial charge in [-0.15, -0.1) is 0 Å². The van der Waals surface area contributed by atoms with Crippen molar-refractivity contribution >= 4 is 23.6 Å². The fourth-order valence-corrected chi connectivity index (χ4v) is 5.74. The van der Waals surface area contributed by atoms with E-state index in [1.165, 1.54) is 18.2 Å². The van der Waals surface area contributed by atoms with Crippen LogP contribution in [0.2, 0.25) is 0 Å². The Bertz CT molecular complexity index is 1580. The second kappa shape index (κ2) is 19.5. The number of halogens is 2. The summed E-state index contributed by atoms with van der Waals surface area (Å²) in [5, 5.41) is 8.56. The lowest BCUT2D eigenvalue weighted by atomic mass is 9.91. The number of hydrogen-bond donors (Lipinski definition) is 4. The van der Waals surface area contributed by atoms with E-state index in [0.29, 0.717) is 25.2 Å². The number of nitrogens with one attached hydrogen (secondary N) is 3. The van der Waals surface area contributed by atoms with Crippen molar-refractivity contribution in [3.63, 3.8) is 0 Å². The number of carbonyl (C=O) groups excluding carboxylic acids is 4. The van der Waals surface area contributed by atoms with Crippen LogP contribution >= 0.6 is 0 Å². The largest absolute Gasteiger partial charge is 0.350 e. The van der Waals surface area contributed by atoms with Gasteiger partial charge >= 0.3 is 0 Å². The molecule has 0 bridgehead atoms. The van der Waals surface area contributed by atoms with Crippen LogP contribution in [0.3, 0.4) is 0 Å². The number of carbonyl (C=O) groups is 4. The van der Waals surface area contributed by atoms with Gasteiger partial charge in [0.15, 0.2) is 11.6 Å². The molecule has 0 heterocycles. The van der Waals surface area contributed by atoms with E-state index >= 15 is 0 Å². The molecule has 3 rings (SSSR count). The normalized spacial score (nSPS) is 13.5. The van der Waals surface area contributed by atoms with Crippen molar-refractivity contribution in [3.05, 3.63) is 107 Å². The van der Waals surface area contributed by atoms with Gasteiger partial charge in [-0.05, 0) is 67.0 Å². The van der Waals surface area contributed by atoms with E-state index < -0.39 is 47.5 Å². The van der Waals surface area contributed by atoms with Gasteiger partial charge < -0.3 is 26.6 Å². The van der Waals surface area contributed by atoms with Gasteiger partial charge in [-0.1, -0.05) is 83.1 Å². The SMILES string of the molecule is CCCN(CCC)C(=O)c1cccc(C(=O)NC(Cc2cccc(F)c2F)C(N)CC(C)C(=O)NC(C(=O)NCc2ccccc2)C(C)C)c1. The van der Waals surface area contributed by atoms with E-state index in [9.17, 15) is 28.0 Å². The minimum absolute atomic E-state index is 0.0107. The van der Waals surface area contributed by atoms with Crippen LogP contribution in [-0.2, 0) is 22.6 Å². The molecule has 3 aromatic rings. The Morgan fingerprint density at radius 3 is 2.08 bits per heavy atom. The summed E-state index contributed by atoms with van der Waals surface area (Å²) in [6.45, 7) is 10.8. The zero-order valence-electron chi connectivity index (χ0n) is 29.7. The molecular weight excluding hydrogens is 640 g/mol. The molecule has 0 saturated carbocycles. The summed E-state index contributed by atoms with van der Waals surface area (Å²) in [5.41, 5.74) is 8.10. The average molecular weight is 692 g/mol. The molecule has 50 heavy (non-hydrogen) atoms. The Kier molecular flexibility index (Phi) is 15.5. The summed E-state index contributed by atoms with van der Waals surface area (Å²) in [5.74, 6) is -4.47. The van der Waals surface area contributed by atoms with E-state index in [1.807, 2.05) is 58.0 Å². The highest BCUT2D eigenvalue weighted by molar-refractivity contribution is 5.99. The van der Waals surface area contributed by atoms with Gasteiger partial charge in [0.25, 0.3) is 11.8 Å². The van der Waals surface area contributed by atoms with Crippen LogP contribution in [0.5, 0.6) is 0 Å². The average Bonchev–Trinajstić information content (AvgIpc) is 3.10. The predicted molar refractivity (Wildman–Crippen MR) is 191 cm³/mol. The topological polar surface area (TPSA) is 134 Å². The van der Waals surface area contributed by atoms with Crippen LogP contribution in [0, 0.1) is 23.5 Å². The summed E-state index contributed by atoms with van der Waals surface area (Å²) < 4.78 is 29.0. The quantitative estimate of drug-likeness (QED) is 0.142. The van der Waals surface area contributed by atoms with Crippen molar-refractivity contribution < 1.29 is 28.0 Å². The number of nitrogens with zero attached hydrogens (tertiary/aromatic N) is 1. The molecule has 4 atom stereocenters. The zero-order chi connectivity index (χ0) is 36.8. The highest BCUT2D eigenvalue weighted by atomic mass is 19.2. The van der Waals surface area contributed by atoms with E-state index in [4.69, 9.17) is 5.73 Å². The van der Waals surface area contributed by atoms with E-state index in [2.05, 4.69) is 16.0 Å². The molecule has 4 amide bonds. The van der Waals surface area contributed by atoms with Crippen LogP contribution in [0.15, 0.2) is 72.8 Å². The molecule has 4 unspecified atom stereocenters. The minimum atomic E-state index is -1.05. The maximum absolute atomic E-state index is 14.8. The molecular formula is C39H51F2N5O4. The van der Waals surface area contributed by atoms with E-state index in [0.717, 1.165) is 24.5 Å². The van der Waals surface area contributed by atoms with Gasteiger partial charge in [0.05, 0.1) is 0 Å². The molecule has 0 fully saturated rings. The molecule has 9 nitrogen and oxygen atoms in total.